The molecule has 0 saturated heterocycles. The minimum atomic E-state index is -0.207. The lowest BCUT2D eigenvalue weighted by molar-refractivity contribution is 0.102. The normalized spacial score (nSPS) is 10.5. The molecule has 2 N–H and O–H groups in total. The van der Waals surface area contributed by atoms with E-state index in [0.29, 0.717) is 22.1 Å². The van der Waals surface area contributed by atoms with E-state index in [1.54, 1.807) is 36.4 Å². The summed E-state index contributed by atoms with van der Waals surface area (Å²) in [5.41, 5.74) is 4.96. The van der Waals surface area contributed by atoms with Crippen molar-refractivity contribution in [3.05, 3.63) is 101 Å². The van der Waals surface area contributed by atoms with E-state index in [0.717, 1.165) is 16.9 Å². The lowest BCUT2D eigenvalue weighted by Gasteiger charge is -2.09. The Morgan fingerprint density at radius 2 is 1.63 bits per heavy atom. The SMILES string of the molecule is Cc1cccc(-c2ccc(Nc3cccc(C(=O)Nc4ccc(Cl)cc4)c3)nn2)c1. The van der Waals surface area contributed by atoms with Crippen molar-refractivity contribution in [2.24, 2.45) is 0 Å². The van der Waals surface area contributed by atoms with E-state index in [1.807, 2.05) is 49.4 Å². The van der Waals surface area contributed by atoms with Crippen molar-refractivity contribution in [3.63, 3.8) is 0 Å². The first-order chi connectivity index (χ1) is 14.6. The van der Waals surface area contributed by atoms with Crippen LogP contribution in [0.1, 0.15) is 15.9 Å². The third-order valence-electron chi connectivity index (χ3n) is 4.48. The molecule has 0 spiro atoms. The predicted molar refractivity (Wildman–Crippen MR) is 121 cm³/mol. The van der Waals surface area contributed by atoms with Crippen molar-refractivity contribution >= 4 is 34.7 Å². The molecule has 3 aromatic carbocycles. The van der Waals surface area contributed by atoms with Gasteiger partial charge in [0.1, 0.15) is 0 Å². The highest BCUT2D eigenvalue weighted by Crippen LogP contribution is 2.21. The number of carbonyl (C=O) groups is 1. The fraction of sp³-hybridized carbons (Fsp3) is 0.0417. The third-order valence-corrected chi connectivity index (χ3v) is 4.73. The molecule has 30 heavy (non-hydrogen) atoms. The predicted octanol–water partition coefficient (Wildman–Crippen LogP) is 6.10. The van der Waals surface area contributed by atoms with Crippen LogP contribution in [-0.2, 0) is 0 Å². The summed E-state index contributed by atoms with van der Waals surface area (Å²) in [5.74, 6) is 0.392. The quantitative estimate of drug-likeness (QED) is 0.414. The van der Waals surface area contributed by atoms with Crippen LogP contribution in [0.2, 0.25) is 5.02 Å². The molecule has 0 aliphatic rings. The summed E-state index contributed by atoms with van der Waals surface area (Å²) in [7, 11) is 0. The van der Waals surface area contributed by atoms with Gasteiger partial charge in [-0.25, -0.2) is 0 Å². The molecular weight excluding hydrogens is 396 g/mol. The molecule has 0 aliphatic heterocycles. The number of amides is 1. The number of halogens is 1. The molecule has 0 radical (unpaired) electrons. The van der Waals surface area contributed by atoms with Gasteiger partial charge in [0.25, 0.3) is 5.91 Å². The van der Waals surface area contributed by atoms with Crippen molar-refractivity contribution in [1.29, 1.82) is 0 Å². The lowest BCUT2D eigenvalue weighted by Crippen LogP contribution is -2.12. The van der Waals surface area contributed by atoms with Crippen LogP contribution in [0.5, 0.6) is 0 Å². The van der Waals surface area contributed by atoms with Gasteiger partial charge in [-0.2, -0.15) is 0 Å². The van der Waals surface area contributed by atoms with Crippen molar-refractivity contribution in [2.45, 2.75) is 6.92 Å². The highest BCUT2D eigenvalue weighted by molar-refractivity contribution is 6.30. The van der Waals surface area contributed by atoms with Gasteiger partial charge < -0.3 is 10.6 Å². The molecule has 0 saturated carbocycles. The Balaban J connectivity index is 1.46. The van der Waals surface area contributed by atoms with Crippen LogP contribution in [0, 0.1) is 6.92 Å². The molecule has 1 heterocycles. The van der Waals surface area contributed by atoms with Gasteiger partial charge >= 0.3 is 0 Å². The number of aryl methyl sites for hydroxylation is 1. The van der Waals surface area contributed by atoms with Gasteiger partial charge in [-0.05, 0) is 67.6 Å². The number of benzene rings is 3. The largest absolute Gasteiger partial charge is 0.339 e. The average Bonchev–Trinajstić information content (AvgIpc) is 2.76. The second-order valence-corrected chi connectivity index (χ2v) is 7.28. The van der Waals surface area contributed by atoms with Crippen molar-refractivity contribution in [2.75, 3.05) is 10.6 Å². The second-order valence-electron chi connectivity index (χ2n) is 6.84. The van der Waals surface area contributed by atoms with Crippen LogP contribution >= 0.6 is 11.6 Å². The molecule has 0 aliphatic carbocycles. The molecule has 0 atom stereocenters. The zero-order valence-corrected chi connectivity index (χ0v) is 17.0. The van der Waals surface area contributed by atoms with Crippen LogP contribution in [0.25, 0.3) is 11.3 Å². The third kappa shape index (κ3) is 4.82. The monoisotopic (exact) mass is 414 g/mol. The zero-order chi connectivity index (χ0) is 20.9. The van der Waals surface area contributed by atoms with Crippen LogP contribution < -0.4 is 10.6 Å². The first kappa shape index (κ1) is 19.6. The molecular formula is C24H19ClN4O. The van der Waals surface area contributed by atoms with Crippen LogP contribution in [-0.4, -0.2) is 16.1 Å². The number of hydrogen-bond donors (Lipinski definition) is 2. The molecule has 5 nitrogen and oxygen atoms in total. The van der Waals surface area contributed by atoms with Crippen LogP contribution in [0.15, 0.2) is 84.9 Å². The summed E-state index contributed by atoms with van der Waals surface area (Å²) in [4.78, 5) is 12.5. The van der Waals surface area contributed by atoms with Gasteiger partial charge in [0.15, 0.2) is 5.82 Å². The van der Waals surface area contributed by atoms with E-state index in [4.69, 9.17) is 11.6 Å². The number of nitrogens with zero attached hydrogens (tertiary/aromatic N) is 2. The van der Waals surface area contributed by atoms with Gasteiger partial charge in [-0.15, -0.1) is 10.2 Å². The van der Waals surface area contributed by atoms with E-state index in [1.165, 1.54) is 5.56 Å². The minimum absolute atomic E-state index is 0.207. The summed E-state index contributed by atoms with van der Waals surface area (Å²) in [6.45, 7) is 2.04. The minimum Gasteiger partial charge on any atom is -0.339 e. The molecule has 1 aromatic heterocycles. The Kier molecular flexibility index (Phi) is 5.72. The highest BCUT2D eigenvalue weighted by Gasteiger charge is 2.08. The molecule has 0 bridgehead atoms. The zero-order valence-electron chi connectivity index (χ0n) is 16.3. The Morgan fingerprint density at radius 3 is 2.37 bits per heavy atom. The van der Waals surface area contributed by atoms with Gasteiger partial charge in [0, 0.05) is 27.5 Å². The number of carbonyl (C=O) groups excluding carboxylic acids is 1. The number of aromatic nitrogens is 2. The van der Waals surface area contributed by atoms with Crippen molar-refractivity contribution in [3.8, 4) is 11.3 Å². The summed E-state index contributed by atoms with van der Waals surface area (Å²) in [6.07, 6.45) is 0. The maximum absolute atomic E-state index is 12.5. The fourth-order valence-corrected chi connectivity index (χ4v) is 3.11. The van der Waals surface area contributed by atoms with E-state index in [-0.39, 0.29) is 5.91 Å². The first-order valence-electron chi connectivity index (χ1n) is 9.42. The van der Waals surface area contributed by atoms with E-state index in [2.05, 4.69) is 26.9 Å². The number of anilines is 3. The lowest BCUT2D eigenvalue weighted by atomic mass is 10.1. The van der Waals surface area contributed by atoms with Crippen molar-refractivity contribution in [1.82, 2.24) is 10.2 Å². The average molecular weight is 415 g/mol. The molecule has 148 valence electrons. The molecule has 4 aromatic rings. The standard InChI is InChI=1S/C24H19ClN4O/c1-16-4-2-5-17(14-16)22-12-13-23(29-28-22)26-21-7-3-6-18(15-21)24(30)27-20-10-8-19(25)9-11-20/h2-15H,1H3,(H,26,29)(H,27,30). The van der Waals surface area contributed by atoms with Gasteiger partial charge in [-0.3, -0.25) is 4.79 Å². The molecule has 4 rings (SSSR count). The smallest absolute Gasteiger partial charge is 0.255 e. The first-order valence-corrected chi connectivity index (χ1v) is 9.79. The fourth-order valence-electron chi connectivity index (χ4n) is 2.98. The van der Waals surface area contributed by atoms with E-state index < -0.39 is 0 Å². The van der Waals surface area contributed by atoms with E-state index >= 15 is 0 Å². The summed E-state index contributed by atoms with van der Waals surface area (Å²) in [5, 5.41) is 15.2. The number of rotatable bonds is 5. The van der Waals surface area contributed by atoms with Gasteiger partial charge in [-0.1, -0.05) is 41.4 Å². The van der Waals surface area contributed by atoms with Crippen LogP contribution in [0.3, 0.4) is 0 Å². The number of hydrogen-bond acceptors (Lipinski definition) is 4. The maximum Gasteiger partial charge on any atom is 0.255 e. The maximum atomic E-state index is 12.5. The summed E-state index contributed by atoms with van der Waals surface area (Å²) in [6, 6.07) is 26.1. The highest BCUT2D eigenvalue weighted by atomic mass is 35.5. The van der Waals surface area contributed by atoms with Crippen LogP contribution in [0.4, 0.5) is 17.2 Å². The summed E-state index contributed by atoms with van der Waals surface area (Å²) >= 11 is 5.88. The van der Waals surface area contributed by atoms with E-state index in [9.17, 15) is 4.79 Å². The second kappa shape index (κ2) is 8.76. The Bertz CT molecular complexity index is 1170. The molecule has 6 heteroatoms. The molecule has 0 fully saturated rings. The molecule has 0 unspecified atom stereocenters. The molecule has 1 amide bonds. The topological polar surface area (TPSA) is 66.9 Å². The number of nitrogens with one attached hydrogen (secondary N) is 2. The Morgan fingerprint density at radius 1 is 0.833 bits per heavy atom. The Labute approximate surface area is 179 Å². The summed E-state index contributed by atoms with van der Waals surface area (Å²) < 4.78 is 0. The van der Waals surface area contributed by atoms with Crippen molar-refractivity contribution < 1.29 is 4.79 Å². The Hall–Kier alpha value is -3.70. The van der Waals surface area contributed by atoms with Gasteiger partial charge in [0.05, 0.1) is 5.69 Å². The van der Waals surface area contributed by atoms with Gasteiger partial charge in [0.2, 0.25) is 0 Å².